The molecule has 9 heteroatoms. The van der Waals surface area contributed by atoms with Gasteiger partial charge in [-0.25, -0.2) is 0 Å². The number of aromatic nitrogens is 3. The van der Waals surface area contributed by atoms with Crippen molar-refractivity contribution in [2.24, 2.45) is 0 Å². The first-order chi connectivity index (χ1) is 9.93. The Morgan fingerprint density at radius 3 is 2.86 bits per heavy atom. The number of benzene rings is 1. The number of carboxylic acid groups (broad SMARTS) is 1. The van der Waals surface area contributed by atoms with Gasteiger partial charge in [0.05, 0.1) is 18.6 Å². The summed E-state index contributed by atoms with van der Waals surface area (Å²) in [7, 11) is 1.51. The molecule has 112 valence electrons. The van der Waals surface area contributed by atoms with Crippen molar-refractivity contribution >= 4 is 35.3 Å². The maximum absolute atomic E-state index is 10.7. The van der Waals surface area contributed by atoms with Crippen molar-refractivity contribution in [1.82, 2.24) is 14.8 Å². The quantitative estimate of drug-likeness (QED) is 0.809. The standard InChI is InChI=1S/C12H13ClN4O3S/c1-6-3-8(9(20-2)4-7(6)13)17-11(14)15-16-12(17)21-5-10(18)19/h3-4H,5H2,1-2H3,(H2,14,15)(H,18,19). The van der Waals surface area contributed by atoms with Crippen LogP contribution in [0.2, 0.25) is 5.02 Å². The van der Waals surface area contributed by atoms with Crippen LogP contribution in [0.25, 0.3) is 5.69 Å². The zero-order chi connectivity index (χ0) is 15.6. The summed E-state index contributed by atoms with van der Waals surface area (Å²) >= 11 is 7.09. The van der Waals surface area contributed by atoms with Gasteiger partial charge in [-0.1, -0.05) is 23.4 Å². The molecule has 1 aromatic heterocycles. The summed E-state index contributed by atoms with van der Waals surface area (Å²) in [5.74, 6) is -0.461. The monoisotopic (exact) mass is 328 g/mol. The number of methoxy groups -OCH3 is 1. The maximum atomic E-state index is 10.7. The molecule has 0 aliphatic rings. The molecule has 0 saturated carbocycles. The van der Waals surface area contributed by atoms with Gasteiger partial charge in [0.2, 0.25) is 5.95 Å². The number of rotatable bonds is 5. The molecule has 0 unspecified atom stereocenters. The molecule has 0 saturated heterocycles. The fourth-order valence-corrected chi connectivity index (χ4v) is 2.54. The van der Waals surface area contributed by atoms with Gasteiger partial charge < -0.3 is 15.6 Å². The molecule has 21 heavy (non-hydrogen) atoms. The van der Waals surface area contributed by atoms with Gasteiger partial charge in [-0.2, -0.15) is 0 Å². The average Bonchev–Trinajstić information content (AvgIpc) is 2.80. The first-order valence-corrected chi connectivity index (χ1v) is 7.20. The highest BCUT2D eigenvalue weighted by Gasteiger charge is 2.18. The third-order valence-electron chi connectivity index (χ3n) is 2.68. The van der Waals surface area contributed by atoms with Crippen molar-refractivity contribution in [3.8, 4) is 11.4 Å². The second-order valence-corrected chi connectivity index (χ2v) is 5.48. The lowest BCUT2D eigenvalue weighted by Crippen LogP contribution is -2.06. The van der Waals surface area contributed by atoms with Crippen LogP contribution in [0.3, 0.4) is 0 Å². The molecule has 0 aliphatic heterocycles. The smallest absolute Gasteiger partial charge is 0.313 e. The minimum absolute atomic E-state index is 0.142. The molecule has 3 N–H and O–H groups in total. The molecular weight excluding hydrogens is 316 g/mol. The van der Waals surface area contributed by atoms with E-state index in [4.69, 9.17) is 27.2 Å². The molecule has 0 fully saturated rings. The number of carbonyl (C=O) groups is 1. The molecule has 0 radical (unpaired) electrons. The van der Waals surface area contributed by atoms with Crippen LogP contribution in [0.15, 0.2) is 17.3 Å². The number of nitrogen functional groups attached to an aromatic ring is 1. The Balaban J connectivity index is 2.53. The van der Waals surface area contributed by atoms with Crippen molar-refractivity contribution in [2.45, 2.75) is 12.1 Å². The van der Waals surface area contributed by atoms with Gasteiger partial charge in [0.1, 0.15) is 5.75 Å². The largest absolute Gasteiger partial charge is 0.495 e. The number of anilines is 1. The number of nitrogens with two attached hydrogens (primary N) is 1. The van der Waals surface area contributed by atoms with E-state index in [-0.39, 0.29) is 11.7 Å². The number of nitrogens with zero attached hydrogens (tertiary/aromatic N) is 3. The predicted octanol–water partition coefficient (Wildman–Crippen LogP) is 2.00. The summed E-state index contributed by atoms with van der Waals surface area (Å²) in [6.07, 6.45) is 0. The van der Waals surface area contributed by atoms with Crippen molar-refractivity contribution < 1.29 is 14.6 Å². The molecule has 0 spiro atoms. The van der Waals surface area contributed by atoms with E-state index >= 15 is 0 Å². The third-order valence-corrected chi connectivity index (χ3v) is 4.01. The van der Waals surface area contributed by atoms with E-state index in [0.29, 0.717) is 21.6 Å². The van der Waals surface area contributed by atoms with E-state index in [2.05, 4.69) is 10.2 Å². The number of hydrogen-bond donors (Lipinski definition) is 2. The van der Waals surface area contributed by atoms with Crippen LogP contribution in [0.4, 0.5) is 5.95 Å². The van der Waals surface area contributed by atoms with Crippen LogP contribution in [0.5, 0.6) is 5.75 Å². The van der Waals surface area contributed by atoms with E-state index in [9.17, 15) is 4.79 Å². The Labute approximate surface area is 130 Å². The number of aliphatic carboxylic acids is 1. The van der Waals surface area contributed by atoms with Gasteiger partial charge in [0.25, 0.3) is 0 Å². The highest BCUT2D eigenvalue weighted by molar-refractivity contribution is 7.99. The van der Waals surface area contributed by atoms with E-state index in [0.717, 1.165) is 17.3 Å². The molecular formula is C12H13ClN4O3S. The minimum atomic E-state index is -0.952. The molecule has 0 aliphatic carbocycles. The summed E-state index contributed by atoms with van der Waals surface area (Å²) in [6, 6.07) is 3.45. The second kappa shape index (κ2) is 6.23. The Morgan fingerprint density at radius 2 is 2.24 bits per heavy atom. The van der Waals surface area contributed by atoms with E-state index < -0.39 is 5.97 Å². The van der Waals surface area contributed by atoms with Crippen LogP contribution in [-0.4, -0.2) is 38.7 Å². The molecule has 0 atom stereocenters. The molecule has 1 heterocycles. The first-order valence-electron chi connectivity index (χ1n) is 5.84. The lowest BCUT2D eigenvalue weighted by atomic mass is 10.2. The van der Waals surface area contributed by atoms with Gasteiger partial charge in [-0.05, 0) is 18.6 Å². The number of hydrogen-bond acceptors (Lipinski definition) is 6. The van der Waals surface area contributed by atoms with Crippen LogP contribution in [0, 0.1) is 6.92 Å². The number of thioether (sulfide) groups is 1. The Morgan fingerprint density at radius 1 is 1.52 bits per heavy atom. The van der Waals surface area contributed by atoms with Crippen LogP contribution < -0.4 is 10.5 Å². The zero-order valence-electron chi connectivity index (χ0n) is 11.3. The fourth-order valence-electron chi connectivity index (χ4n) is 1.71. The molecule has 0 bridgehead atoms. The molecule has 2 rings (SSSR count). The summed E-state index contributed by atoms with van der Waals surface area (Å²) in [5.41, 5.74) is 7.27. The average molecular weight is 329 g/mol. The molecule has 1 aromatic carbocycles. The summed E-state index contributed by atoms with van der Waals surface area (Å²) in [6.45, 7) is 1.84. The predicted molar refractivity (Wildman–Crippen MR) is 80.4 cm³/mol. The molecule has 2 aromatic rings. The third kappa shape index (κ3) is 3.22. The lowest BCUT2D eigenvalue weighted by Gasteiger charge is -2.13. The second-order valence-electron chi connectivity index (χ2n) is 4.13. The van der Waals surface area contributed by atoms with Crippen molar-refractivity contribution in [3.63, 3.8) is 0 Å². The normalized spacial score (nSPS) is 10.6. The van der Waals surface area contributed by atoms with Gasteiger partial charge in [0.15, 0.2) is 5.16 Å². The number of aryl methyl sites for hydroxylation is 1. The first kappa shape index (κ1) is 15.5. The topological polar surface area (TPSA) is 103 Å². The van der Waals surface area contributed by atoms with Crippen LogP contribution in [-0.2, 0) is 4.79 Å². The van der Waals surface area contributed by atoms with E-state index in [1.54, 1.807) is 12.1 Å². The summed E-state index contributed by atoms with van der Waals surface area (Å²) in [4.78, 5) is 10.7. The van der Waals surface area contributed by atoms with Gasteiger partial charge in [-0.15, -0.1) is 10.2 Å². The fraction of sp³-hybridized carbons (Fsp3) is 0.250. The SMILES string of the molecule is COc1cc(Cl)c(C)cc1-n1c(N)nnc1SCC(=O)O. The molecule has 0 amide bonds. The number of ether oxygens (including phenoxy) is 1. The zero-order valence-corrected chi connectivity index (χ0v) is 12.9. The highest BCUT2D eigenvalue weighted by Crippen LogP contribution is 2.33. The van der Waals surface area contributed by atoms with Crippen molar-refractivity contribution in [2.75, 3.05) is 18.6 Å². The Hall–Kier alpha value is -1.93. The number of carboxylic acids is 1. The van der Waals surface area contributed by atoms with Gasteiger partial charge in [0, 0.05) is 11.1 Å². The lowest BCUT2D eigenvalue weighted by molar-refractivity contribution is -0.133. The summed E-state index contributed by atoms with van der Waals surface area (Å²) < 4.78 is 6.84. The maximum Gasteiger partial charge on any atom is 0.313 e. The van der Waals surface area contributed by atoms with Crippen LogP contribution >= 0.6 is 23.4 Å². The minimum Gasteiger partial charge on any atom is -0.495 e. The Kier molecular flexibility index (Phi) is 4.59. The van der Waals surface area contributed by atoms with Crippen molar-refractivity contribution in [3.05, 3.63) is 22.7 Å². The molecule has 7 nitrogen and oxygen atoms in total. The van der Waals surface area contributed by atoms with Crippen LogP contribution in [0.1, 0.15) is 5.56 Å². The highest BCUT2D eigenvalue weighted by atomic mass is 35.5. The van der Waals surface area contributed by atoms with Gasteiger partial charge in [-0.3, -0.25) is 9.36 Å². The van der Waals surface area contributed by atoms with Gasteiger partial charge >= 0.3 is 5.97 Å². The van der Waals surface area contributed by atoms with E-state index in [1.807, 2.05) is 6.92 Å². The van der Waals surface area contributed by atoms with E-state index in [1.165, 1.54) is 11.7 Å². The van der Waals surface area contributed by atoms with Crippen molar-refractivity contribution in [1.29, 1.82) is 0 Å². The number of halogens is 1. The summed E-state index contributed by atoms with van der Waals surface area (Å²) in [5, 5.41) is 17.4. The Bertz CT molecular complexity index is 689.